The molecule has 3 rings (SSSR count). The van der Waals surface area contributed by atoms with Gasteiger partial charge in [0, 0.05) is 10.6 Å². The van der Waals surface area contributed by atoms with E-state index in [9.17, 15) is 5.11 Å². The highest BCUT2D eigenvalue weighted by atomic mass is 79.9. The van der Waals surface area contributed by atoms with E-state index in [0.29, 0.717) is 5.75 Å². The van der Waals surface area contributed by atoms with E-state index >= 15 is 0 Å². The average Bonchev–Trinajstić information content (AvgIpc) is 2.58. The molecule has 4 heteroatoms. The molecule has 0 saturated heterocycles. The summed E-state index contributed by atoms with van der Waals surface area (Å²) in [7, 11) is 0. The minimum Gasteiger partial charge on any atom is -0.507 e. The van der Waals surface area contributed by atoms with Gasteiger partial charge in [-0.15, -0.1) is 11.8 Å². The van der Waals surface area contributed by atoms with E-state index in [2.05, 4.69) is 28.1 Å². The fraction of sp³-hybridized carbons (Fsp3) is 0.0526. The quantitative estimate of drug-likeness (QED) is 0.553. The molecule has 0 aliphatic rings. The number of benzene rings is 3. The Morgan fingerprint density at radius 3 is 1.83 bits per heavy atom. The summed E-state index contributed by atoms with van der Waals surface area (Å²) in [6, 6.07) is 24.7. The first kappa shape index (κ1) is 17.4. The molecule has 3 aromatic carbocycles. The largest absolute Gasteiger partial charge is 0.507 e. The molecule has 0 fully saturated rings. The number of para-hydroxylation sites is 2. The smallest absolute Gasteiger partial charge is 0.129 e. The van der Waals surface area contributed by atoms with Crippen molar-refractivity contribution in [2.45, 2.75) is 10.6 Å². The molecule has 2 nitrogen and oxygen atoms in total. The zero-order chi connectivity index (χ0) is 16.5. The number of hydrogen-bond acceptors (Lipinski definition) is 3. The van der Waals surface area contributed by atoms with Crippen LogP contribution in [0.4, 0.5) is 0 Å². The van der Waals surface area contributed by atoms with Gasteiger partial charge in [0.1, 0.15) is 11.5 Å². The minimum atomic E-state index is 0.285. The van der Waals surface area contributed by atoms with Gasteiger partial charge in [-0.05, 0) is 45.8 Å². The second-order valence-electron chi connectivity index (χ2n) is 4.69. The maximum atomic E-state index is 9.57. The first-order valence-corrected chi connectivity index (χ1v) is 8.83. The summed E-state index contributed by atoms with van der Waals surface area (Å²) in [4.78, 5) is 0.932. The summed E-state index contributed by atoms with van der Waals surface area (Å²) in [6.45, 7) is 0. The monoisotopic (exact) mass is 388 g/mol. The lowest BCUT2D eigenvalue weighted by Gasteiger charge is -2.03. The predicted octanol–water partition coefficient (Wildman–Crippen LogP) is 5.84. The van der Waals surface area contributed by atoms with Crippen LogP contribution in [-0.2, 0) is 5.75 Å². The lowest BCUT2D eigenvalue weighted by molar-refractivity contribution is 0.462. The van der Waals surface area contributed by atoms with Gasteiger partial charge < -0.3 is 10.2 Å². The van der Waals surface area contributed by atoms with Crippen molar-refractivity contribution in [3.05, 3.63) is 88.9 Å². The van der Waals surface area contributed by atoms with Crippen LogP contribution in [0, 0.1) is 0 Å². The van der Waals surface area contributed by atoms with E-state index in [1.165, 1.54) is 5.56 Å². The second-order valence-corrected chi connectivity index (χ2v) is 6.56. The third kappa shape index (κ3) is 6.00. The molecule has 0 aliphatic carbocycles. The molecular weight excluding hydrogens is 372 g/mol. The molecule has 0 amide bonds. The van der Waals surface area contributed by atoms with Gasteiger partial charge >= 0.3 is 0 Å². The SMILES string of the molecule is Oc1ccccc1Br.Oc1ccccc1SCc1ccccc1. The predicted molar refractivity (Wildman–Crippen MR) is 99.9 cm³/mol. The molecule has 0 heterocycles. The molecule has 0 radical (unpaired) electrons. The fourth-order valence-electron chi connectivity index (χ4n) is 1.77. The third-order valence-electron chi connectivity index (χ3n) is 2.95. The fourth-order valence-corrected chi connectivity index (χ4v) is 2.96. The van der Waals surface area contributed by atoms with E-state index in [-0.39, 0.29) is 5.75 Å². The van der Waals surface area contributed by atoms with Gasteiger partial charge in [0.05, 0.1) is 4.47 Å². The molecule has 23 heavy (non-hydrogen) atoms. The molecule has 0 bridgehead atoms. The third-order valence-corrected chi connectivity index (χ3v) is 4.76. The van der Waals surface area contributed by atoms with Crippen LogP contribution in [0.3, 0.4) is 0 Å². The van der Waals surface area contributed by atoms with Crippen LogP contribution >= 0.6 is 27.7 Å². The summed E-state index contributed by atoms with van der Waals surface area (Å²) >= 11 is 4.80. The van der Waals surface area contributed by atoms with Gasteiger partial charge in [-0.2, -0.15) is 0 Å². The maximum Gasteiger partial charge on any atom is 0.129 e. The van der Waals surface area contributed by atoms with Crippen LogP contribution in [-0.4, -0.2) is 10.2 Å². The molecule has 0 aliphatic heterocycles. The first-order valence-electron chi connectivity index (χ1n) is 7.05. The molecule has 0 atom stereocenters. The Morgan fingerprint density at radius 2 is 1.26 bits per heavy atom. The van der Waals surface area contributed by atoms with E-state index in [1.807, 2.05) is 42.5 Å². The highest BCUT2D eigenvalue weighted by Gasteiger charge is 2.00. The Hall–Kier alpha value is -1.91. The number of phenols is 2. The van der Waals surface area contributed by atoms with Gasteiger partial charge in [0.25, 0.3) is 0 Å². The summed E-state index contributed by atoms with van der Waals surface area (Å²) in [5.41, 5.74) is 1.27. The normalized spacial score (nSPS) is 9.78. The molecular formula is C19H17BrO2S. The summed E-state index contributed by atoms with van der Waals surface area (Å²) in [6.07, 6.45) is 0. The Labute approximate surface area is 148 Å². The van der Waals surface area contributed by atoms with E-state index in [0.717, 1.165) is 15.1 Å². The van der Waals surface area contributed by atoms with Crippen molar-refractivity contribution in [1.82, 2.24) is 0 Å². The van der Waals surface area contributed by atoms with E-state index in [4.69, 9.17) is 5.11 Å². The number of phenolic OH excluding ortho intramolecular Hbond substituents is 2. The van der Waals surface area contributed by atoms with Crippen LogP contribution in [0.5, 0.6) is 11.5 Å². The molecule has 0 saturated carbocycles. The highest BCUT2D eigenvalue weighted by Crippen LogP contribution is 2.30. The van der Waals surface area contributed by atoms with E-state index in [1.54, 1.807) is 36.0 Å². The standard InChI is InChI=1S/C13H12OS.C6H5BrO/c14-12-8-4-5-9-13(12)15-10-11-6-2-1-3-7-11;7-5-3-1-2-4-6(5)8/h1-9,14H,10H2;1-4,8H. The van der Waals surface area contributed by atoms with Gasteiger partial charge in [-0.3, -0.25) is 0 Å². The molecule has 0 unspecified atom stereocenters. The van der Waals surface area contributed by atoms with Crippen LogP contribution in [0.15, 0.2) is 88.2 Å². The number of hydrogen-bond donors (Lipinski definition) is 2. The topological polar surface area (TPSA) is 40.5 Å². The molecule has 3 aromatic rings. The van der Waals surface area contributed by atoms with Crippen molar-refractivity contribution in [2.75, 3.05) is 0 Å². The van der Waals surface area contributed by atoms with Gasteiger partial charge in [-0.1, -0.05) is 54.6 Å². The van der Waals surface area contributed by atoms with Gasteiger partial charge in [-0.25, -0.2) is 0 Å². The average molecular weight is 389 g/mol. The maximum absolute atomic E-state index is 9.57. The Bertz CT molecular complexity index is 711. The van der Waals surface area contributed by atoms with Crippen molar-refractivity contribution >= 4 is 27.7 Å². The number of rotatable bonds is 3. The van der Waals surface area contributed by atoms with Crippen LogP contribution in [0.1, 0.15) is 5.56 Å². The number of aromatic hydroxyl groups is 2. The van der Waals surface area contributed by atoms with Crippen molar-refractivity contribution in [3.63, 3.8) is 0 Å². The van der Waals surface area contributed by atoms with Crippen molar-refractivity contribution in [3.8, 4) is 11.5 Å². The van der Waals surface area contributed by atoms with E-state index < -0.39 is 0 Å². The molecule has 118 valence electrons. The molecule has 0 aromatic heterocycles. The Morgan fingerprint density at radius 1 is 0.696 bits per heavy atom. The highest BCUT2D eigenvalue weighted by molar-refractivity contribution is 9.10. The lowest BCUT2D eigenvalue weighted by Crippen LogP contribution is -1.79. The Kier molecular flexibility index (Phi) is 7.04. The zero-order valence-electron chi connectivity index (χ0n) is 12.4. The van der Waals surface area contributed by atoms with Crippen molar-refractivity contribution < 1.29 is 10.2 Å². The van der Waals surface area contributed by atoms with Crippen molar-refractivity contribution in [1.29, 1.82) is 0 Å². The summed E-state index contributed by atoms with van der Waals surface area (Å²) < 4.78 is 0.736. The number of thioether (sulfide) groups is 1. The first-order chi connectivity index (χ1) is 11.2. The second kappa shape index (κ2) is 9.28. The van der Waals surface area contributed by atoms with Gasteiger partial charge in [0.15, 0.2) is 0 Å². The summed E-state index contributed by atoms with van der Waals surface area (Å²) in [5, 5.41) is 18.4. The summed E-state index contributed by atoms with van der Waals surface area (Å²) in [5.74, 6) is 1.53. The van der Waals surface area contributed by atoms with Crippen LogP contribution in [0.25, 0.3) is 0 Å². The Balaban J connectivity index is 0.000000203. The number of halogens is 1. The molecule has 0 spiro atoms. The van der Waals surface area contributed by atoms with Crippen LogP contribution < -0.4 is 0 Å². The van der Waals surface area contributed by atoms with Crippen LogP contribution in [0.2, 0.25) is 0 Å². The van der Waals surface area contributed by atoms with Crippen molar-refractivity contribution in [2.24, 2.45) is 0 Å². The molecule has 2 N–H and O–H groups in total. The minimum absolute atomic E-state index is 0.285. The lowest BCUT2D eigenvalue weighted by atomic mass is 10.2. The van der Waals surface area contributed by atoms with Gasteiger partial charge in [0.2, 0.25) is 0 Å². The zero-order valence-corrected chi connectivity index (χ0v) is 14.8.